The van der Waals surface area contributed by atoms with Crippen LogP contribution in [0.3, 0.4) is 0 Å². The van der Waals surface area contributed by atoms with E-state index < -0.39 is 0 Å². The summed E-state index contributed by atoms with van der Waals surface area (Å²) in [5.74, 6) is 0.918. The minimum atomic E-state index is 0.660. The number of hydrogen-bond acceptors (Lipinski definition) is 3. The molecule has 3 aromatic rings. The van der Waals surface area contributed by atoms with Crippen LogP contribution in [0.25, 0.3) is 5.65 Å². The van der Waals surface area contributed by atoms with Gasteiger partial charge in [0.05, 0.1) is 5.69 Å². The third-order valence-electron chi connectivity index (χ3n) is 3.05. The van der Waals surface area contributed by atoms with E-state index in [9.17, 15) is 0 Å². The lowest BCUT2D eigenvalue weighted by Gasteiger charge is -2.05. The summed E-state index contributed by atoms with van der Waals surface area (Å²) < 4.78 is 2.02. The van der Waals surface area contributed by atoms with Crippen LogP contribution in [0, 0.1) is 6.92 Å². The average Bonchev–Trinajstić information content (AvgIpc) is 2.80. The molecule has 3 rings (SSSR count). The second kappa shape index (κ2) is 4.14. The molecule has 0 saturated carbocycles. The molecule has 0 spiro atoms. The number of nitrogen functional groups attached to an aromatic ring is 1. The quantitative estimate of drug-likeness (QED) is 0.744. The van der Waals surface area contributed by atoms with Crippen molar-refractivity contribution in [2.45, 2.75) is 13.3 Å². The Morgan fingerprint density at radius 2 is 1.83 bits per heavy atom. The summed E-state index contributed by atoms with van der Waals surface area (Å²) in [6.07, 6.45) is 0.756. The van der Waals surface area contributed by atoms with Gasteiger partial charge >= 0.3 is 0 Å². The lowest BCUT2D eigenvalue weighted by molar-refractivity contribution is 0.915. The molecule has 0 aliphatic heterocycles. The minimum Gasteiger partial charge on any atom is -0.396 e. The highest BCUT2D eigenvalue weighted by Crippen LogP contribution is 2.17. The van der Waals surface area contributed by atoms with Crippen molar-refractivity contribution in [2.24, 2.45) is 0 Å². The van der Waals surface area contributed by atoms with Crippen LogP contribution in [0.4, 0.5) is 5.69 Å². The number of aromatic nitrogens is 3. The molecule has 1 aromatic carbocycles. The van der Waals surface area contributed by atoms with Crippen LogP contribution in [0.5, 0.6) is 0 Å². The molecule has 2 heterocycles. The molecule has 0 amide bonds. The first-order chi connectivity index (χ1) is 8.75. The summed E-state index contributed by atoms with van der Waals surface area (Å²) in [4.78, 5) is 0. The van der Waals surface area contributed by atoms with Gasteiger partial charge in [-0.2, -0.15) is 0 Å². The first kappa shape index (κ1) is 10.8. The standard InChI is InChI=1S/C14H14N4/c1-10-7-8-12(15)14-17-16-13(18(10)14)9-11-5-3-2-4-6-11/h2-8H,9,15H2,1H3. The predicted octanol–water partition coefficient (Wildman–Crippen LogP) is 2.21. The van der Waals surface area contributed by atoms with Gasteiger partial charge in [0.15, 0.2) is 5.65 Å². The number of nitrogens with two attached hydrogens (primary N) is 1. The Morgan fingerprint density at radius 3 is 2.61 bits per heavy atom. The van der Waals surface area contributed by atoms with E-state index in [1.165, 1.54) is 5.56 Å². The maximum Gasteiger partial charge on any atom is 0.184 e. The summed E-state index contributed by atoms with van der Waals surface area (Å²) in [6.45, 7) is 2.03. The number of anilines is 1. The summed E-state index contributed by atoms with van der Waals surface area (Å²) >= 11 is 0. The number of aryl methyl sites for hydroxylation is 1. The Hall–Kier alpha value is -2.36. The number of rotatable bonds is 2. The van der Waals surface area contributed by atoms with Gasteiger partial charge in [-0.1, -0.05) is 30.3 Å². The molecule has 4 heteroatoms. The van der Waals surface area contributed by atoms with Crippen molar-refractivity contribution in [3.05, 3.63) is 59.5 Å². The second-order valence-corrected chi connectivity index (χ2v) is 4.37. The molecule has 0 aliphatic carbocycles. The highest BCUT2D eigenvalue weighted by atomic mass is 15.3. The largest absolute Gasteiger partial charge is 0.396 e. The van der Waals surface area contributed by atoms with Gasteiger partial charge in [0.2, 0.25) is 0 Å². The molecule has 2 N–H and O–H groups in total. The fourth-order valence-corrected chi connectivity index (χ4v) is 2.13. The zero-order chi connectivity index (χ0) is 12.5. The molecule has 0 saturated heterocycles. The van der Waals surface area contributed by atoms with Crippen LogP contribution in [-0.4, -0.2) is 14.6 Å². The van der Waals surface area contributed by atoms with Gasteiger partial charge in [0.1, 0.15) is 5.82 Å². The molecule has 0 unspecified atom stereocenters. The van der Waals surface area contributed by atoms with E-state index in [4.69, 9.17) is 5.73 Å². The summed E-state index contributed by atoms with van der Waals surface area (Å²) in [7, 11) is 0. The molecule has 4 nitrogen and oxygen atoms in total. The van der Waals surface area contributed by atoms with Gasteiger partial charge in [-0.25, -0.2) is 0 Å². The van der Waals surface area contributed by atoms with Gasteiger partial charge in [0, 0.05) is 12.1 Å². The molecule has 0 aliphatic rings. The summed E-state index contributed by atoms with van der Waals surface area (Å²) in [5, 5.41) is 8.41. The lowest BCUT2D eigenvalue weighted by Crippen LogP contribution is -2.01. The van der Waals surface area contributed by atoms with Crippen LogP contribution >= 0.6 is 0 Å². The van der Waals surface area contributed by atoms with Crippen molar-refractivity contribution < 1.29 is 0 Å². The monoisotopic (exact) mass is 238 g/mol. The van der Waals surface area contributed by atoms with Crippen molar-refractivity contribution in [1.29, 1.82) is 0 Å². The fraction of sp³-hybridized carbons (Fsp3) is 0.143. The highest BCUT2D eigenvalue weighted by Gasteiger charge is 2.10. The number of hydrogen-bond donors (Lipinski definition) is 1. The predicted molar refractivity (Wildman–Crippen MR) is 71.4 cm³/mol. The number of fused-ring (bicyclic) bond motifs is 1. The molecular formula is C14H14N4. The zero-order valence-corrected chi connectivity index (χ0v) is 10.2. The smallest absolute Gasteiger partial charge is 0.184 e. The number of pyridine rings is 1. The van der Waals surface area contributed by atoms with E-state index in [0.29, 0.717) is 5.69 Å². The van der Waals surface area contributed by atoms with Crippen molar-refractivity contribution in [3.63, 3.8) is 0 Å². The second-order valence-electron chi connectivity index (χ2n) is 4.37. The van der Waals surface area contributed by atoms with Gasteiger partial charge in [-0.15, -0.1) is 10.2 Å². The molecule has 0 bridgehead atoms. The van der Waals surface area contributed by atoms with Crippen LogP contribution in [0.2, 0.25) is 0 Å². The molecule has 0 fully saturated rings. The highest BCUT2D eigenvalue weighted by molar-refractivity contribution is 5.64. The Bertz CT molecular complexity index is 686. The van der Waals surface area contributed by atoms with E-state index in [0.717, 1.165) is 23.6 Å². The normalized spacial score (nSPS) is 10.9. The molecule has 0 radical (unpaired) electrons. The summed E-state index contributed by atoms with van der Waals surface area (Å²) in [6, 6.07) is 14.1. The van der Waals surface area contributed by atoms with E-state index in [-0.39, 0.29) is 0 Å². The minimum absolute atomic E-state index is 0.660. The van der Waals surface area contributed by atoms with Gasteiger partial charge in [-0.05, 0) is 24.6 Å². The molecule has 0 atom stereocenters. The molecule has 18 heavy (non-hydrogen) atoms. The van der Waals surface area contributed by atoms with Crippen LogP contribution in [0.15, 0.2) is 42.5 Å². The van der Waals surface area contributed by atoms with Crippen molar-refractivity contribution >= 4 is 11.3 Å². The fourth-order valence-electron chi connectivity index (χ4n) is 2.13. The Kier molecular flexibility index (Phi) is 2.48. The van der Waals surface area contributed by atoms with E-state index in [2.05, 4.69) is 22.3 Å². The van der Waals surface area contributed by atoms with Gasteiger partial charge < -0.3 is 5.73 Å². The topological polar surface area (TPSA) is 56.2 Å². The Morgan fingerprint density at radius 1 is 1.06 bits per heavy atom. The number of benzene rings is 1. The van der Waals surface area contributed by atoms with Crippen LogP contribution in [0.1, 0.15) is 17.1 Å². The molecule has 90 valence electrons. The average molecular weight is 238 g/mol. The van der Waals surface area contributed by atoms with Gasteiger partial charge in [0.25, 0.3) is 0 Å². The number of nitrogens with zero attached hydrogens (tertiary/aromatic N) is 3. The van der Waals surface area contributed by atoms with Gasteiger partial charge in [-0.3, -0.25) is 4.40 Å². The zero-order valence-electron chi connectivity index (χ0n) is 10.2. The van der Waals surface area contributed by atoms with Crippen molar-refractivity contribution in [1.82, 2.24) is 14.6 Å². The summed E-state index contributed by atoms with van der Waals surface area (Å²) in [5.41, 5.74) is 9.61. The maximum absolute atomic E-state index is 5.91. The van der Waals surface area contributed by atoms with Crippen LogP contribution < -0.4 is 5.73 Å². The third kappa shape index (κ3) is 1.72. The van der Waals surface area contributed by atoms with Crippen molar-refractivity contribution in [3.8, 4) is 0 Å². The van der Waals surface area contributed by atoms with E-state index >= 15 is 0 Å². The Balaban J connectivity index is 2.11. The van der Waals surface area contributed by atoms with E-state index in [1.54, 1.807) is 0 Å². The van der Waals surface area contributed by atoms with Crippen molar-refractivity contribution in [2.75, 3.05) is 5.73 Å². The Labute approximate surface area is 105 Å². The third-order valence-corrected chi connectivity index (χ3v) is 3.05. The van der Waals surface area contributed by atoms with Crippen LogP contribution in [-0.2, 0) is 6.42 Å². The lowest BCUT2D eigenvalue weighted by atomic mass is 10.1. The SMILES string of the molecule is Cc1ccc(N)c2nnc(Cc3ccccc3)n12. The maximum atomic E-state index is 5.91. The first-order valence-electron chi connectivity index (χ1n) is 5.89. The molecule has 2 aromatic heterocycles. The molecular weight excluding hydrogens is 224 g/mol. The first-order valence-corrected chi connectivity index (χ1v) is 5.89. The van der Waals surface area contributed by atoms with E-state index in [1.807, 2.05) is 41.7 Å².